The molecule has 0 aromatic carbocycles. The van der Waals surface area contributed by atoms with Crippen LogP contribution in [0.2, 0.25) is 0 Å². The third-order valence-electron chi connectivity index (χ3n) is 4.18. The molecule has 3 N–H and O–H groups in total. The van der Waals surface area contributed by atoms with E-state index in [4.69, 9.17) is 10.5 Å². The number of thiophene rings is 1. The van der Waals surface area contributed by atoms with E-state index in [1.807, 2.05) is 13.8 Å². The Balaban J connectivity index is 2.57. The van der Waals surface area contributed by atoms with Gasteiger partial charge in [0.15, 0.2) is 0 Å². The molecule has 146 valence electrons. The van der Waals surface area contributed by atoms with Gasteiger partial charge in [-0.3, -0.25) is 18.3 Å². The van der Waals surface area contributed by atoms with Crippen molar-refractivity contribution < 1.29 is 9.13 Å². The molecule has 0 aliphatic heterocycles. The highest BCUT2D eigenvalue weighted by molar-refractivity contribution is 7.18. The summed E-state index contributed by atoms with van der Waals surface area (Å²) in [4.78, 5) is 27.3. The molecule has 2 aromatic rings. The van der Waals surface area contributed by atoms with Crippen LogP contribution in [-0.4, -0.2) is 42.1 Å². The summed E-state index contributed by atoms with van der Waals surface area (Å²) < 4.78 is 20.7. The van der Waals surface area contributed by atoms with Gasteiger partial charge in [-0.25, -0.2) is 4.79 Å². The van der Waals surface area contributed by atoms with Crippen molar-refractivity contribution in [3.05, 3.63) is 31.3 Å². The number of hydrogen-bond acceptors (Lipinski definition) is 6. The number of alkyl halides is 1. The van der Waals surface area contributed by atoms with Crippen molar-refractivity contribution in [1.29, 1.82) is 0 Å². The van der Waals surface area contributed by atoms with Crippen molar-refractivity contribution in [1.82, 2.24) is 14.5 Å². The van der Waals surface area contributed by atoms with Crippen LogP contribution in [0.3, 0.4) is 0 Å². The smallest absolute Gasteiger partial charge is 0.332 e. The molecule has 7 nitrogen and oxygen atoms in total. The van der Waals surface area contributed by atoms with Gasteiger partial charge in [-0.2, -0.15) is 0 Å². The molecule has 0 spiro atoms. The molecule has 0 unspecified atom stereocenters. The average molecular weight is 386 g/mol. The molecule has 0 aliphatic rings. The summed E-state index contributed by atoms with van der Waals surface area (Å²) in [7, 11) is 0. The first kappa shape index (κ1) is 20.8. The van der Waals surface area contributed by atoms with Gasteiger partial charge in [0.2, 0.25) is 0 Å². The maximum Gasteiger partial charge on any atom is 0.332 e. The predicted molar refractivity (Wildman–Crippen MR) is 103 cm³/mol. The fourth-order valence-electron chi connectivity index (χ4n) is 2.83. The Hall–Kier alpha value is -1.55. The number of hydrogen-bond donors (Lipinski definition) is 2. The summed E-state index contributed by atoms with van der Waals surface area (Å²) in [5.41, 5.74) is 5.65. The van der Waals surface area contributed by atoms with Crippen molar-refractivity contribution in [2.45, 2.75) is 39.9 Å². The fourth-order valence-corrected chi connectivity index (χ4v) is 4.11. The number of nitrogens with two attached hydrogens (primary N) is 1. The minimum Gasteiger partial charge on any atom is -0.380 e. The van der Waals surface area contributed by atoms with E-state index in [-0.39, 0.29) is 31.7 Å². The van der Waals surface area contributed by atoms with E-state index in [0.717, 1.165) is 10.4 Å². The normalized spacial score (nSPS) is 11.5. The molecule has 0 saturated heterocycles. The van der Waals surface area contributed by atoms with Crippen molar-refractivity contribution in [3.8, 4) is 0 Å². The third kappa shape index (κ3) is 4.40. The Morgan fingerprint density at radius 3 is 2.69 bits per heavy atom. The molecule has 0 amide bonds. The van der Waals surface area contributed by atoms with Gasteiger partial charge in [-0.15, -0.1) is 11.3 Å². The summed E-state index contributed by atoms with van der Waals surface area (Å²) in [6.07, 6.45) is 0.233. The number of aryl methyl sites for hydroxylation is 2. The van der Waals surface area contributed by atoms with Crippen LogP contribution in [-0.2, 0) is 24.4 Å². The second-order valence-electron chi connectivity index (χ2n) is 5.93. The molecule has 2 aromatic heterocycles. The second kappa shape index (κ2) is 9.96. The maximum absolute atomic E-state index is 12.9. The summed E-state index contributed by atoms with van der Waals surface area (Å²) >= 11 is 1.41. The van der Waals surface area contributed by atoms with Crippen LogP contribution in [0.25, 0.3) is 10.2 Å². The van der Waals surface area contributed by atoms with E-state index in [1.54, 1.807) is 0 Å². The molecule has 26 heavy (non-hydrogen) atoms. The van der Waals surface area contributed by atoms with Gasteiger partial charge in [0.25, 0.3) is 5.56 Å². The van der Waals surface area contributed by atoms with Crippen molar-refractivity contribution in [3.63, 3.8) is 0 Å². The van der Waals surface area contributed by atoms with E-state index in [1.165, 1.54) is 20.5 Å². The van der Waals surface area contributed by atoms with Crippen LogP contribution >= 0.6 is 11.3 Å². The third-order valence-corrected chi connectivity index (χ3v) is 5.49. The number of rotatable bonds is 11. The molecular formula is C17H27FN4O3S. The number of aromatic nitrogens is 2. The topological polar surface area (TPSA) is 91.3 Å². The second-order valence-corrected chi connectivity index (χ2v) is 7.01. The Kier molecular flexibility index (Phi) is 7.95. The van der Waals surface area contributed by atoms with E-state index in [0.29, 0.717) is 36.5 Å². The van der Waals surface area contributed by atoms with Crippen LogP contribution in [0.4, 0.5) is 4.39 Å². The highest BCUT2D eigenvalue weighted by atomic mass is 32.1. The lowest BCUT2D eigenvalue weighted by molar-refractivity contribution is 0.137. The Labute approximate surface area is 155 Å². The van der Waals surface area contributed by atoms with Gasteiger partial charge in [-0.1, -0.05) is 0 Å². The van der Waals surface area contributed by atoms with Gasteiger partial charge in [0, 0.05) is 37.7 Å². The monoisotopic (exact) mass is 386 g/mol. The molecule has 2 rings (SSSR count). The van der Waals surface area contributed by atoms with E-state index in [2.05, 4.69) is 5.32 Å². The highest BCUT2D eigenvalue weighted by Crippen LogP contribution is 2.27. The molecule has 9 heteroatoms. The first-order valence-electron chi connectivity index (χ1n) is 8.86. The van der Waals surface area contributed by atoms with Crippen molar-refractivity contribution in [2.24, 2.45) is 5.73 Å². The minimum absolute atomic E-state index is 0.188. The molecule has 0 aliphatic carbocycles. The Bertz CT molecular complexity index is 843. The molecule has 0 fully saturated rings. The van der Waals surface area contributed by atoms with Crippen LogP contribution in [0.15, 0.2) is 9.59 Å². The van der Waals surface area contributed by atoms with E-state index < -0.39 is 12.4 Å². The SMILES string of the molecule is CCOCCn1c(=O)c2c(C)c(CNCCN)sc2n(CCCF)c1=O. The lowest BCUT2D eigenvalue weighted by Gasteiger charge is -2.11. The first-order chi connectivity index (χ1) is 12.6. The molecule has 2 heterocycles. The number of halogens is 1. The number of nitrogens with one attached hydrogen (secondary N) is 1. The van der Waals surface area contributed by atoms with Gasteiger partial charge in [0.05, 0.1) is 25.2 Å². The van der Waals surface area contributed by atoms with Crippen LogP contribution in [0.5, 0.6) is 0 Å². The van der Waals surface area contributed by atoms with Crippen LogP contribution < -0.4 is 22.3 Å². The summed E-state index contributed by atoms with van der Waals surface area (Å²) in [5.74, 6) is 0. The fraction of sp³-hybridized carbons (Fsp3) is 0.647. The minimum atomic E-state index is -0.513. The van der Waals surface area contributed by atoms with Crippen molar-refractivity contribution >= 4 is 21.6 Å². The lowest BCUT2D eigenvalue weighted by Crippen LogP contribution is -2.40. The Morgan fingerprint density at radius 2 is 2.04 bits per heavy atom. The zero-order valence-corrected chi connectivity index (χ0v) is 16.2. The van der Waals surface area contributed by atoms with E-state index >= 15 is 0 Å². The summed E-state index contributed by atoms with van der Waals surface area (Å²) in [6.45, 7) is 6.24. The van der Waals surface area contributed by atoms with Gasteiger partial charge in [0.1, 0.15) is 4.83 Å². The zero-order chi connectivity index (χ0) is 19.1. The van der Waals surface area contributed by atoms with Crippen molar-refractivity contribution in [2.75, 3.05) is 33.0 Å². The standard InChI is InChI=1S/C17H27FN4O3S/c1-3-25-10-9-21-15(23)14-12(2)13(11-20-7-6-19)26-16(14)22(17(21)24)8-4-5-18/h20H,3-11,19H2,1-2H3. The van der Waals surface area contributed by atoms with Gasteiger partial charge in [-0.05, 0) is 25.8 Å². The Morgan fingerprint density at radius 1 is 1.27 bits per heavy atom. The highest BCUT2D eigenvalue weighted by Gasteiger charge is 2.19. The van der Waals surface area contributed by atoms with E-state index in [9.17, 15) is 14.0 Å². The summed E-state index contributed by atoms with van der Waals surface area (Å²) in [6, 6.07) is 0. The number of nitrogens with zero attached hydrogens (tertiary/aromatic N) is 2. The molecule has 0 bridgehead atoms. The van der Waals surface area contributed by atoms with Crippen LogP contribution in [0, 0.1) is 6.92 Å². The zero-order valence-electron chi connectivity index (χ0n) is 15.3. The molecule has 0 saturated carbocycles. The molecule has 0 atom stereocenters. The number of fused-ring (bicyclic) bond motifs is 1. The molecule has 0 radical (unpaired) electrons. The predicted octanol–water partition coefficient (Wildman–Crippen LogP) is 0.978. The first-order valence-corrected chi connectivity index (χ1v) is 9.68. The van der Waals surface area contributed by atoms with Crippen LogP contribution in [0.1, 0.15) is 23.8 Å². The molecular weight excluding hydrogens is 359 g/mol. The largest absolute Gasteiger partial charge is 0.380 e. The number of ether oxygens (including phenoxy) is 1. The van der Waals surface area contributed by atoms with Gasteiger partial charge >= 0.3 is 5.69 Å². The lowest BCUT2D eigenvalue weighted by atomic mass is 10.2. The maximum atomic E-state index is 12.9. The van der Waals surface area contributed by atoms with Gasteiger partial charge < -0.3 is 15.8 Å². The average Bonchev–Trinajstić information content (AvgIpc) is 2.95. The quantitative estimate of drug-likeness (QED) is 0.562. The summed E-state index contributed by atoms with van der Waals surface area (Å²) in [5, 5.41) is 3.75.